The van der Waals surface area contributed by atoms with Gasteiger partial charge in [-0.05, 0) is 12.1 Å². The third-order valence-electron chi connectivity index (χ3n) is 2.95. The molecule has 0 aromatic heterocycles. The molecule has 2 rings (SSSR count). The smallest absolute Gasteiger partial charge is 0.417 e. The molecule has 1 aromatic rings. The third kappa shape index (κ3) is 2.99. The molecule has 0 radical (unpaired) electrons. The fourth-order valence-electron chi connectivity index (χ4n) is 1.98. The number of rotatable bonds is 1. The number of halogens is 4. The minimum Gasteiger partial charge on any atom is -0.493 e. The third-order valence-corrected chi connectivity index (χ3v) is 2.95. The topological polar surface area (TPSA) is 61.5 Å². The van der Waals surface area contributed by atoms with E-state index in [0.29, 0.717) is 12.0 Å². The average molecular weight is 312 g/mol. The maximum atomic E-state index is 12.9. The van der Waals surface area contributed by atoms with Crippen molar-refractivity contribution in [3.63, 3.8) is 0 Å². The van der Waals surface area contributed by atoms with E-state index in [4.69, 9.17) is 10.5 Å². The number of fused-ring (bicyclic) bond motifs is 1. The normalized spacial score (nSPS) is 17.6. The summed E-state index contributed by atoms with van der Waals surface area (Å²) in [5.41, 5.74) is 4.57. The van der Waals surface area contributed by atoms with Crippen LogP contribution in [0.2, 0.25) is 0 Å². The molecule has 1 aliphatic rings. The molecule has 0 aliphatic carbocycles. The predicted molar refractivity (Wildman–Crippen MR) is 67.1 cm³/mol. The van der Waals surface area contributed by atoms with E-state index in [1.54, 1.807) is 0 Å². The Balaban J connectivity index is 0.00000200. The summed E-state index contributed by atoms with van der Waals surface area (Å²) >= 11 is 0. The molecule has 0 saturated carbocycles. The molecule has 1 aromatic carbocycles. The zero-order valence-electron chi connectivity index (χ0n) is 10.5. The van der Waals surface area contributed by atoms with E-state index in [0.717, 1.165) is 19.2 Å². The summed E-state index contributed by atoms with van der Waals surface area (Å²) in [6.45, 7) is 0.253. The Bertz CT molecular complexity index is 519. The second-order valence-electron chi connectivity index (χ2n) is 4.17. The van der Waals surface area contributed by atoms with Crippen molar-refractivity contribution in [1.82, 2.24) is 0 Å². The van der Waals surface area contributed by atoms with Gasteiger partial charge in [-0.15, -0.1) is 12.4 Å². The zero-order chi connectivity index (χ0) is 14.2. The van der Waals surface area contributed by atoms with Crippen molar-refractivity contribution in [2.45, 2.75) is 18.6 Å². The van der Waals surface area contributed by atoms with Gasteiger partial charge in [-0.1, -0.05) is 0 Å². The van der Waals surface area contributed by atoms with E-state index in [9.17, 15) is 18.0 Å². The first-order valence-corrected chi connectivity index (χ1v) is 5.56. The summed E-state index contributed by atoms with van der Waals surface area (Å²) in [5, 5.41) is 0. The Morgan fingerprint density at radius 3 is 2.65 bits per heavy atom. The Morgan fingerprint density at radius 2 is 2.10 bits per heavy atom. The number of benzene rings is 1. The van der Waals surface area contributed by atoms with Crippen LogP contribution in [0.25, 0.3) is 0 Å². The number of ether oxygens (including phenoxy) is 2. The number of alkyl halides is 3. The lowest BCUT2D eigenvalue weighted by Gasteiger charge is -2.25. The molecular weight excluding hydrogens is 299 g/mol. The number of carbonyl (C=O) groups excluding carboxylic acids is 1. The number of esters is 1. The van der Waals surface area contributed by atoms with Crippen LogP contribution < -0.4 is 10.5 Å². The number of hydrogen-bond donors (Lipinski definition) is 1. The van der Waals surface area contributed by atoms with Crippen LogP contribution in [0.3, 0.4) is 0 Å². The summed E-state index contributed by atoms with van der Waals surface area (Å²) < 4.78 is 48.3. The fraction of sp³-hybridized carbons (Fsp3) is 0.417. The van der Waals surface area contributed by atoms with Crippen LogP contribution in [0.5, 0.6) is 5.75 Å². The van der Waals surface area contributed by atoms with Crippen LogP contribution in [0.1, 0.15) is 33.9 Å². The minimum atomic E-state index is -4.66. The molecule has 1 heterocycles. The van der Waals surface area contributed by atoms with Gasteiger partial charge in [0.05, 0.1) is 24.8 Å². The summed E-state index contributed by atoms with van der Waals surface area (Å²) in [4.78, 5) is 11.5. The Hall–Kier alpha value is -1.47. The molecule has 0 amide bonds. The molecule has 112 valence electrons. The molecule has 2 N–H and O–H groups in total. The van der Waals surface area contributed by atoms with Gasteiger partial charge >= 0.3 is 12.1 Å². The van der Waals surface area contributed by atoms with E-state index >= 15 is 0 Å². The van der Waals surface area contributed by atoms with Gasteiger partial charge < -0.3 is 15.2 Å². The summed E-state index contributed by atoms with van der Waals surface area (Å²) in [7, 11) is 1.03. The molecular formula is C12H13ClF3NO3. The first-order valence-electron chi connectivity index (χ1n) is 5.56. The Morgan fingerprint density at radius 1 is 1.45 bits per heavy atom. The molecule has 1 aliphatic heterocycles. The maximum absolute atomic E-state index is 12.9. The van der Waals surface area contributed by atoms with Gasteiger partial charge in [-0.25, -0.2) is 4.79 Å². The van der Waals surface area contributed by atoms with E-state index in [1.165, 1.54) is 0 Å². The van der Waals surface area contributed by atoms with Crippen molar-refractivity contribution < 1.29 is 27.4 Å². The molecule has 0 spiro atoms. The lowest BCUT2D eigenvalue weighted by molar-refractivity contribution is -0.138. The standard InChI is InChI=1S/C12H12F3NO3.ClH/c1-18-11(17)6-4-7-9(16)2-3-19-10(7)5-8(6)12(13,14)15;/h4-5,9H,2-3,16H2,1H3;1H. The van der Waals surface area contributed by atoms with Crippen molar-refractivity contribution >= 4 is 18.4 Å². The van der Waals surface area contributed by atoms with Gasteiger partial charge in [0.25, 0.3) is 0 Å². The first-order chi connectivity index (χ1) is 8.84. The Labute approximate surface area is 119 Å². The average Bonchev–Trinajstić information content (AvgIpc) is 2.36. The van der Waals surface area contributed by atoms with Crippen molar-refractivity contribution in [3.8, 4) is 5.75 Å². The molecule has 1 atom stereocenters. The Kier molecular flexibility index (Phi) is 4.88. The van der Waals surface area contributed by atoms with Crippen LogP contribution in [0.4, 0.5) is 13.2 Å². The second-order valence-corrected chi connectivity index (χ2v) is 4.17. The van der Waals surface area contributed by atoms with Crippen LogP contribution >= 0.6 is 12.4 Å². The van der Waals surface area contributed by atoms with Crippen LogP contribution in [-0.4, -0.2) is 19.7 Å². The zero-order valence-corrected chi connectivity index (χ0v) is 11.3. The minimum absolute atomic E-state index is 0. The highest BCUT2D eigenvalue weighted by atomic mass is 35.5. The highest BCUT2D eigenvalue weighted by Gasteiger charge is 2.38. The molecule has 8 heteroatoms. The van der Waals surface area contributed by atoms with E-state index in [-0.39, 0.29) is 24.8 Å². The van der Waals surface area contributed by atoms with Gasteiger partial charge in [-0.3, -0.25) is 0 Å². The molecule has 0 bridgehead atoms. The number of carbonyl (C=O) groups is 1. The first kappa shape index (κ1) is 16.6. The van der Waals surface area contributed by atoms with Gasteiger partial charge in [0.1, 0.15) is 5.75 Å². The van der Waals surface area contributed by atoms with Gasteiger partial charge in [-0.2, -0.15) is 13.2 Å². The molecule has 1 unspecified atom stereocenters. The highest BCUT2D eigenvalue weighted by molar-refractivity contribution is 5.92. The van der Waals surface area contributed by atoms with Gasteiger partial charge in [0.2, 0.25) is 0 Å². The SMILES string of the molecule is COC(=O)c1cc2c(cc1C(F)(F)F)OCCC2N.Cl. The predicted octanol–water partition coefficient (Wildman–Crippen LogP) is 2.70. The lowest BCUT2D eigenvalue weighted by Crippen LogP contribution is -2.23. The lowest BCUT2D eigenvalue weighted by atomic mass is 9.95. The summed E-state index contributed by atoms with van der Waals surface area (Å²) in [5.74, 6) is -0.980. The quantitative estimate of drug-likeness (QED) is 0.810. The fourth-order valence-corrected chi connectivity index (χ4v) is 1.98. The van der Waals surface area contributed by atoms with Crippen molar-refractivity contribution in [2.75, 3.05) is 13.7 Å². The van der Waals surface area contributed by atoms with Crippen LogP contribution in [0.15, 0.2) is 12.1 Å². The molecule has 20 heavy (non-hydrogen) atoms. The highest BCUT2D eigenvalue weighted by Crippen LogP contribution is 2.39. The molecule has 4 nitrogen and oxygen atoms in total. The number of methoxy groups -OCH3 is 1. The van der Waals surface area contributed by atoms with Gasteiger partial charge in [0.15, 0.2) is 0 Å². The maximum Gasteiger partial charge on any atom is 0.417 e. The number of nitrogens with two attached hydrogens (primary N) is 1. The second kappa shape index (κ2) is 5.88. The number of hydrogen-bond acceptors (Lipinski definition) is 4. The van der Waals surface area contributed by atoms with E-state index in [1.807, 2.05) is 0 Å². The summed E-state index contributed by atoms with van der Waals surface area (Å²) in [6.07, 6.45) is -4.18. The van der Waals surface area contributed by atoms with Crippen LogP contribution in [0, 0.1) is 0 Å². The van der Waals surface area contributed by atoms with Crippen molar-refractivity contribution in [2.24, 2.45) is 5.73 Å². The molecule has 0 fully saturated rings. The summed E-state index contributed by atoms with van der Waals surface area (Å²) in [6, 6.07) is 1.46. The van der Waals surface area contributed by atoms with Crippen molar-refractivity contribution in [3.05, 3.63) is 28.8 Å². The van der Waals surface area contributed by atoms with Crippen LogP contribution in [-0.2, 0) is 10.9 Å². The molecule has 0 saturated heterocycles. The van der Waals surface area contributed by atoms with Gasteiger partial charge in [0, 0.05) is 18.0 Å². The monoisotopic (exact) mass is 311 g/mol. The van der Waals surface area contributed by atoms with E-state index < -0.39 is 29.3 Å². The largest absolute Gasteiger partial charge is 0.493 e. The van der Waals surface area contributed by atoms with Crippen molar-refractivity contribution in [1.29, 1.82) is 0 Å². The van der Waals surface area contributed by atoms with E-state index in [2.05, 4.69) is 4.74 Å².